The topological polar surface area (TPSA) is 65.0 Å². The number of phenolic OH excluding ortho intramolecular Hbond substituents is 1. The fourth-order valence-electron chi connectivity index (χ4n) is 4.27. The van der Waals surface area contributed by atoms with E-state index in [1.165, 1.54) is 5.57 Å². The third-order valence-corrected chi connectivity index (χ3v) is 7.14. The summed E-state index contributed by atoms with van der Waals surface area (Å²) in [4.78, 5) is 12.0. The largest absolute Gasteiger partial charge is 0.507 e. The first-order valence-electron chi connectivity index (χ1n) is 12.2. The van der Waals surface area contributed by atoms with Crippen LogP contribution in [0, 0.1) is 13.8 Å². The summed E-state index contributed by atoms with van der Waals surface area (Å²) in [5.41, 5.74) is 4.69. The minimum absolute atomic E-state index is 0.122. The summed E-state index contributed by atoms with van der Waals surface area (Å²) in [7, 11) is 0. The number of rotatable bonds is 11. The molecule has 0 aromatic heterocycles. The van der Waals surface area contributed by atoms with Crippen LogP contribution >= 0.6 is 11.6 Å². The first-order chi connectivity index (χ1) is 15.9. The lowest BCUT2D eigenvalue weighted by Crippen LogP contribution is -2.27. The van der Waals surface area contributed by atoms with Gasteiger partial charge in [-0.2, -0.15) is 0 Å². The molecule has 190 valence electrons. The van der Waals surface area contributed by atoms with E-state index in [2.05, 4.69) is 19.1 Å². The Labute approximate surface area is 210 Å². The molecule has 1 atom stereocenters. The van der Waals surface area contributed by atoms with Crippen molar-refractivity contribution < 1.29 is 24.1 Å². The van der Waals surface area contributed by atoms with Crippen molar-refractivity contribution in [3.8, 4) is 5.75 Å². The Balaban J connectivity index is 2.14. The fourth-order valence-corrected chi connectivity index (χ4v) is 4.49. The average Bonchev–Trinajstić information content (AvgIpc) is 3.05. The maximum atomic E-state index is 12.0. The molecule has 0 aliphatic carbocycles. The highest BCUT2D eigenvalue weighted by molar-refractivity contribution is 6.32. The van der Waals surface area contributed by atoms with Crippen LogP contribution in [0.25, 0.3) is 0 Å². The van der Waals surface area contributed by atoms with Crippen LogP contribution in [0.5, 0.6) is 5.75 Å². The molecule has 0 bridgehead atoms. The van der Waals surface area contributed by atoms with Gasteiger partial charge in [0.05, 0.1) is 11.7 Å². The van der Waals surface area contributed by atoms with Gasteiger partial charge in [-0.1, -0.05) is 29.3 Å². The maximum Gasteiger partial charge on any atom is 0.187 e. The highest BCUT2D eigenvalue weighted by Crippen LogP contribution is 2.41. The number of Topliss-reactive ketones (excluding diaryl/α,β-unsaturated/α-hetero) is 1. The fraction of sp³-hybridized carbons (Fsp3) is 0.607. The molecule has 34 heavy (non-hydrogen) atoms. The smallest absolute Gasteiger partial charge is 0.187 e. The van der Waals surface area contributed by atoms with E-state index in [4.69, 9.17) is 25.8 Å². The van der Waals surface area contributed by atoms with Gasteiger partial charge < -0.3 is 19.3 Å². The van der Waals surface area contributed by atoms with Crippen molar-refractivity contribution in [3.05, 3.63) is 50.6 Å². The molecule has 1 aromatic rings. The SMILES string of the molecule is CCOC(OCC)c1c(C)c(Cl)c(C)c(C/C=C(\C)CC/C=C(\C)[C@@H]2CC(=O)C(C)(C)O2)c1O. The molecule has 0 spiro atoms. The molecule has 0 unspecified atom stereocenters. The number of hydrogen-bond donors (Lipinski definition) is 1. The number of allylic oxidation sites excluding steroid dienone is 3. The lowest BCUT2D eigenvalue weighted by molar-refractivity contribution is -0.141. The normalized spacial score (nSPS) is 18.9. The van der Waals surface area contributed by atoms with Gasteiger partial charge in [-0.15, -0.1) is 0 Å². The molecule has 5 nitrogen and oxygen atoms in total. The molecule has 1 N–H and O–H groups in total. The van der Waals surface area contributed by atoms with E-state index < -0.39 is 11.9 Å². The van der Waals surface area contributed by atoms with Gasteiger partial charge in [0.25, 0.3) is 0 Å². The van der Waals surface area contributed by atoms with Crippen LogP contribution in [-0.4, -0.2) is 35.8 Å². The summed E-state index contributed by atoms with van der Waals surface area (Å²) >= 11 is 6.64. The Hall–Kier alpha value is -1.66. The number of aromatic hydroxyl groups is 1. The second-order valence-corrected chi connectivity index (χ2v) is 9.91. The summed E-state index contributed by atoms with van der Waals surface area (Å²) in [5, 5.41) is 11.8. The van der Waals surface area contributed by atoms with Gasteiger partial charge in [-0.3, -0.25) is 4.79 Å². The summed E-state index contributed by atoms with van der Waals surface area (Å²) in [5.74, 6) is 0.347. The molecule has 1 fully saturated rings. The Morgan fingerprint density at radius 1 is 1.18 bits per heavy atom. The lowest BCUT2D eigenvalue weighted by atomic mass is 9.94. The van der Waals surface area contributed by atoms with Crippen LogP contribution in [-0.2, 0) is 25.4 Å². The molecule has 6 heteroatoms. The zero-order valence-corrected chi connectivity index (χ0v) is 22.8. The molecule has 0 radical (unpaired) electrons. The molecule has 1 heterocycles. The van der Waals surface area contributed by atoms with Crippen LogP contribution < -0.4 is 0 Å². The van der Waals surface area contributed by atoms with Gasteiger partial charge in [0.15, 0.2) is 12.1 Å². The molecule has 1 aromatic carbocycles. The van der Waals surface area contributed by atoms with Gasteiger partial charge in [-0.25, -0.2) is 0 Å². The summed E-state index contributed by atoms with van der Waals surface area (Å²) in [6.45, 7) is 16.3. The first kappa shape index (κ1) is 28.6. The average molecular weight is 493 g/mol. The van der Waals surface area contributed by atoms with E-state index in [0.717, 1.165) is 35.1 Å². The standard InChI is InChI=1S/C28H41ClO5/c1-9-32-27(33-10-2)24-20(6)25(29)19(5)21(26(24)31)15-14-17(3)12-11-13-18(4)22-16-23(30)28(7,8)34-22/h13-14,22,27,31H,9-12,15-16H2,1-8H3/b17-14+,18-13+/t22-/m0/s1. The molecule has 1 saturated heterocycles. The van der Waals surface area contributed by atoms with Crippen molar-refractivity contribution in [2.45, 2.75) is 99.1 Å². The van der Waals surface area contributed by atoms with Crippen molar-refractivity contribution in [1.82, 2.24) is 0 Å². The third kappa shape index (κ3) is 6.72. The third-order valence-electron chi connectivity index (χ3n) is 6.57. The first-order valence-corrected chi connectivity index (χ1v) is 12.6. The van der Waals surface area contributed by atoms with Gasteiger partial charge in [0.2, 0.25) is 0 Å². The minimum Gasteiger partial charge on any atom is -0.507 e. The number of ketones is 1. The lowest BCUT2D eigenvalue weighted by Gasteiger charge is -2.24. The summed E-state index contributed by atoms with van der Waals surface area (Å²) in [6.07, 6.45) is 6.29. The Morgan fingerprint density at radius 3 is 2.32 bits per heavy atom. The number of phenols is 1. The summed E-state index contributed by atoms with van der Waals surface area (Å²) < 4.78 is 17.4. The Bertz CT molecular complexity index is 939. The molecular formula is C28H41ClO5. The van der Waals surface area contributed by atoms with Gasteiger partial charge >= 0.3 is 0 Å². The van der Waals surface area contributed by atoms with Gasteiger partial charge in [0, 0.05) is 30.2 Å². The van der Waals surface area contributed by atoms with Crippen LogP contribution in [0.4, 0.5) is 0 Å². The van der Waals surface area contributed by atoms with Gasteiger partial charge in [0.1, 0.15) is 11.4 Å². The van der Waals surface area contributed by atoms with Crippen molar-refractivity contribution in [3.63, 3.8) is 0 Å². The number of carbonyl (C=O) groups excluding carboxylic acids is 1. The second kappa shape index (κ2) is 12.3. The zero-order chi connectivity index (χ0) is 25.6. The van der Waals surface area contributed by atoms with E-state index in [1.807, 2.05) is 48.5 Å². The number of halogens is 1. The number of hydrogen-bond acceptors (Lipinski definition) is 5. The Kier molecular flexibility index (Phi) is 10.4. The molecular weight excluding hydrogens is 452 g/mol. The van der Waals surface area contributed by atoms with E-state index >= 15 is 0 Å². The highest BCUT2D eigenvalue weighted by atomic mass is 35.5. The molecule has 1 aliphatic rings. The number of benzene rings is 1. The molecule has 0 amide bonds. The highest BCUT2D eigenvalue weighted by Gasteiger charge is 2.40. The predicted octanol–water partition coefficient (Wildman–Crippen LogP) is 7.09. The van der Waals surface area contributed by atoms with E-state index in [0.29, 0.717) is 36.6 Å². The monoisotopic (exact) mass is 492 g/mol. The quantitative estimate of drug-likeness (QED) is 0.264. The van der Waals surface area contributed by atoms with Crippen molar-refractivity contribution in [1.29, 1.82) is 0 Å². The molecule has 2 rings (SSSR count). The van der Waals surface area contributed by atoms with Gasteiger partial charge in [-0.05, 0) is 91.4 Å². The summed E-state index contributed by atoms with van der Waals surface area (Å²) in [6, 6.07) is 0. The van der Waals surface area contributed by atoms with E-state index in [-0.39, 0.29) is 17.6 Å². The Morgan fingerprint density at radius 2 is 1.79 bits per heavy atom. The van der Waals surface area contributed by atoms with E-state index in [9.17, 15) is 9.90 Å². The minimum atomic E-state index is -0.688. The van der Waals surface area contributed by atoms with Crippen molar-refractivity contribution >= 4 is 17.4 Å². The van der Waals surface area contributed by atoms with Crippen molar-refractivity contribution in [2.24, 2.45) is 0 Å². The van der Waals surface area contributed by atoms with Crippen LogP contribution in [0.3, 0.4) is 0 Å². The van der Waals surface area contributed by atoms with Crippen molar-refractivity contribution in [2.75, 3.05) is 13.2 Å². The van der Waals surface area contributed by atoms with Crippen LogP contribution in [0.15, 0.2) is 23.3 Å². The predicted molar refractivity (Wildman–Crippen MR) is 138 cm³/mol. The van der Waals surface area contributed by atoms with E-state index in [1.54, 1.807) is 0 Å². The number of ether oxygens (including phenoxy) is 3. The zero-order valence-electron chi connectivity index (χ0n) is 22.0. The number of carbonyl (C=O) groups is 1. The van der Waals surface area contributed by atoms with Crippen LogP contribution in [0.1, 0.15) is 89.3 Å². The second-order valence-electron chi connectivity index (χ2n) is 9.53. The maximum absolute atomic E-state index is 12.0. The van der Waals surface area contributed by atoms with Crippen LogP contribution in [0.2, 0.25) is 5.02 Å². The molecule has 0 saturated carbocycles. The molecule has 1 aliphatic heterocycles.